The molecule has 1 aromatic heterocycles. The van der Waals surface area contributed by atoms with Gasteiger partial charge in [0.25, 0.3) is 0 Å². The number of aromatic carboxylic acids is 1. The lowest BCUT2D eigenvalue weighted by Crippen LogP contribution is -2.13. The standard InChI is InChI=1S/C16H18N2O2/c1-11-6-14(7-12(2)18-11)10-17-9-13-4-3-5-15(8-13)16(19)20/h3-8,17H,9-10H2,1-2H3,(H,19,20). The summed E-state index contributed by atoms with van der Waals surface area (Å²) in [6.45, 7) is 5.34. The van der Waals surface area contributed by atoms with Gasteiger partial charge in [-0.2, -0.15) is 0 Å². The fraction of sp³-hybridized carbons (Fsp3) is 0.250. The van der Waals surface area contributed by atoms with Gasteiger partial charge in [-0.05, 0) is 49.2 Å². The third-order valence-electron chi connectivity index (χ3n) is 2.97. The fourth-order valence-electron chi connectivity index (χ4n) is 2.19. The number of aromatic nitrogens is 1. The Kier molecular flexibility index (Phi) is 4.48. The van der Waals surface area contributed by atoms with Crippen molar-refractivity contribution in [3.63, 3.8) is 0 Å². The summed E-state index contributed by atoms with van der Waals surface area (Å²) in [7, 11) is 0. The molecule has 1 heterocycles. The number of benzene rings is 1. The highest BCUT2D eigenvalue weighted by Crippen LogP contribution is 2.07. The van der Waals surface area contributed by atoms with Crippen LogP contribution >= 0.6 is 0 Å². The van der Waals surface area contributed by atoms with Crippen LogP contribution in [-0.2, 0) is 13.1 Å². The van der Waals surface area contributed by atoms with Crippen LogP contribution in [0.3, 0.4) is 0 Å². The maximum atomic E-state index is 10.9. The lowest BCUT2D eigenvalue weighted by atomic mass is 10.1. The first-order valence-electron chi connectivity index (χ1n) is 6.52. The molecule has 2 aromatic rings. The van der Waals surface area contributed by atoms with Gasteiger partial charge in [0.1, 0.15) is 0 Å². The van der Waals surface area contributed by atoms with Crippen LogP contribution < -0.4 is 5.32 Å². The molecule has 0 radical (unpaired) electrons. The Morgan fingerprint density at radius 1 is 1.10 bits per heavy atom. The van der Waals surface area contributed by atoms with Gasteiger partial charge in [0.15, 0.2) is 0 Å². The number of hydrogen-bond acceptors (Lipinski definition) is 3. The molecule has 0 saturated heterocycles. The zero-order valence-corrected chi connectivity index (χ0v) is 11.7. The van der Waals surface area contributed by atoms with E-state index in [0.717, 1.165) is 23.5 Å². The molecule has 2 N–H and O–H groups in total. The molecular weight excluding hydrogens is 252 g/mol. The van der Waals surface area contributed by atoms with Crippen molar-refractivity contribution in [3.8, 4) is 0 Å². The molecule has 0 aliphatic heterocycles. The summed E-state index contributed by atoms with van der Waals surface area (Å²) in [5.74, 6) is -0.896. The van der Waals surface area contributed by atoms with Gasteiger partial charge in [0.2, 0.25) is 0 Å². The van der Waals surface area contributed by atoms with Gasteiger partial charge >= 0.3 is 5.97 Å². The minimum Gasteiger partial charge on any atom is -0.478 e. The van der Waals surface area contributed by atoms with Crippen molar-refractivity contribution in [2.45, 2.75) is 26.9 Å². The third-order valence-corrected chi connectivity index (χ3v) is 2.97. The van der Waals surface area contributed by atoms with Crippen molar-refractivity contribution in [3.05, 3.63) is 64.5 Å². The lowest BCUT2D eigenvalue weighted by Gasteiger charge is -2.07. The van der Waals surface area contributed by atoms with Gasteiger partial charge < -0.3 is 10.4 Å². The molecule has 104 valence electrons. The fourth-order valence-corrected chi connectivity index (χ4v) is 2.19. The largest absolute Gasteiger partial charge is 0.478 e. The molecule has 2 rings (SSSR count). The third kappa shape index (κ3) is 3.90. The summed E-state index contributed by atoms with van der Waals surface area (Å²) in [4.78, 5) is 15.2. The molecule has 0 saturated carbocycles. The molecule has 0 bridgehead atoms. The predicted octanol–water partition coefficient (Wildman–Crippen LogP) is 2.69. The second-order valence-corrected chi connectivity index (χ2v) is 4.87. The Hall–Kier alpha value is -2.20. The molecular formula is C16H18N2O2. The Balaban J connectivity index is 1.95. The Bertz CT molecular complexity index is 603. The summed E-state index contributed by atoms with van der Waals surface area (Å²) in [5, 5.41) is 12.3. The lowest BCUT2D eigenvalue weighted by molar-refractivity contribution is 0.0696. The zero-order valence-electron chi connectivity index (χ0n) is 11.7. The number of carbonyl (C=O) groups is 1. The van der Waals surface area contributed by atoms with E-state index >= 15 is 0 Å². The average Bonchev–Trinajstić information content (AvgIpc) is 2.38. The maximum Gasteiger partial charge on any atom is 0.335 e. The normalized spacial score (nSPS) is 10.5. The van der Waals surface area contributed by atoms with Crippen LogP contribution in [0.1, 0.15) is 32.9 Å². The first kappa shape index (κ1) is 14.2. The number of nitrogens with zero attached hydrogens (tertiary/aromatic N) is 1. The number of carboxylic acid groups (broad SMARTS) is 1. The smallest absolute Gasteiger partial charge is 0.335 e. The summed E-state index contributed by atoms with van der Waals surface area (Å²) < 4.78 is 0. The van der Waals surface area contributed by atoms with Crippen molar-refractivity contribution >= 4 is 5.97 Å². The topological polar surface area (TPSA) is 62.2 Å². The molecule has 4 heteroatoms. The van der Waals surface area contributed by atoms with E-state index in [1.54, 1.807) is 18.2 Å². The monoisotopic (exact) mass is 270 g/mol. The van der Waals surface area contributed by atoms with Crippen molar-refractivity contribution in [2.24, 2.45) is 0 Å². The van der Waals surface area contributed by atoms with E-state index in [9.17, 15) is 4.79 Å². The van der Waals surface area contributed by atoms with Gasteiger partial charge in [-0.25, -0.2) is 4.79 Å². The summed E-state index contributed by atoms with van der Waals surface area (Å²) in [5.41, 5.74) is 4.49. The van der Waals surface area contributed by atoms with E-state index in [1.165, 1.54) is 5.56 Å². The molecule has 0 aliphatic carbocycles. The molecule has 20 heavy (non-hydrogen) atoms. The van der Waals surface area contributed by atoms with E-state index in [-0.39, 0.29) is 0 Å². The maximum absolute atomic E-state index is 10.9. The van der Waals surface area contributed by atoms with Crippen LogP contribution in [0.2, 0.25) is 0 Å². The highest BCUT2D eigenvalue weighted by atomic mass is 16.4. The summed E-state index contributed by atoms with van der Waals surface area (Å²) in [6, 6.07) is 11.1. The van der Waals surface area contributed by atoms with E-state index < -0.39 is 5.97 Å². The van der Waals surface area contributed by atoms with Crippen LogP contribution in [0.5, 0.6) is 0 Å². The Morgan fingerprint density at radius 2 is 1.75 bits per heavy atom. The molecule has 4 nitrogen and oxygen atoms in total. The molecule has 0 atom stereocenters. The number of pyridine rings is 1. The highest BCUT2D eigenvalue weighted by molar-refractivity contribution is 5.87. The number of hydrogen-bond donors (Lipinski definition) is 2. The van der Waals surface area contributed by atoms with Gasteiger partial charge in [-0.1, -0.05) is 12.1 Å². The summed E-state index contributed by atoms with van der Waals surface area (Å²) >= 11 is 0. The minimum atomic E-state index is -0.896. The molecule has 0 aliphatic rings. The first-order valence-corrected chi connectivity index (χ1v) is 6.52. The van der Waals surface area contributed by atoms with Crippen LogP contribution in [0.15, 0.2) is 36.4 Å². The van der Waals surface area contributed by atoms with Crippen LogP contribution in [0.25, 0.3) is 0 Å². The molecule has 0 amide bonds. The van der Waals surface area contributed by atoms with Crippen molar-refractivity contribution in [2.75, 3.05) is 0 Å². The zero-order chi connectivity index (χ0) is 14.5. The van der Waals surface area contributed by atoms with E-state index in [0.29, 0.717) is 12.1 Å². The van der Waals surface area contributed by atoms with E-state index in [4.69, 9.17) is 5.11 Å². The average molecular weight is 270 g/mol. The van der Waals surface area contributed by atoms with Crippen LogP contribution in [0.4, 0.5) is 0 Å². The second-order valence-electron chi connectivity index (χ2n) is 4.87. The molecule has 0 unspecified atom stereocenters. The van der Waals surface area contributed by atoms with Crippen molar-refractivity contribution in [1.82, 2.24) is 10.3 Å². The van der Waals surface area contributed by atoms with Crippen molar-refractivity contribution < 1.29 is 9.90 Å². The second kappa shape index (κ2) is 6.30. The van der Waals surface area contributed by atoms with Gasteiger partial charge in [-0.3, -0.25) is 4.98 Å². The number of rotatable bonds is 5. The van der Waals surface area contributed by atoms with Gasteiger partial charge in [0, 0.05) is 24.5 Å². The Labute approximate surface area is 118 Å². The molecule has 1 aromatic carbocycles. The van der Waals surface area contributed by atoms with Crippen LogP contribution in [-0.4, -0.2) is 16.1 Å². The number of carboxylic acids is 1. The van der Waals surface area contributed by atoms with E-state index in [1.807, 2.05) is 32.0 Å². The highest BCUT2D eigenvalue weighted by Gasteiger charge is 2.03. The number of aryl methyl sites for hydroxylation is 2. The van der Waals surface area contributed by atoms with Gasteiger partial charge in [0.05, 0.1) is 5.56 Å². The van der Waals surface area contributed by atoms with E-state index in [2.05, 4.69) is 10.3 Å². The molecule has 0 spiro atoms. The first-order chi connectivity index (χ1) is 9.54. The quantitative estimate of drug-likeness (QED) is 0.877. The minimum absolute atomic E-state index is 0.319. The predicted molar refractivity (Wildman–Crippen MR) is 77.7 cm³/mol. The van der Waals surface area contributed by atoms with Crippen LogP contribution in [0, 0.1) is 13.8 Å². The molecule has 0 fully saturated rings. The Morgan fingerprint density at radius 3 is 2.40 bits per heavy atom. The summed E-state index contributed by atoms with van der Waals surface area (Å²) in [6.07, 6.45) is 0. The van der Waals surface area contributed by atoms with Crippen molar-refractivity contribution in [1.29, 1.82) is 0 Å². The number of nitrogens with one attached hydrogen (secondary N) is 1. The van der Waals surface area contributed by atoms with Gasteiger partial charge in [-0.15, -0.1) is 0 Å². The SMILES string of the molecule is Cc1cc(CNCc2cccc(C(=O)O)c2)cc(C)n1.